The van der Waals surface area contributed by atoms with Crippen molar-refractivity contribution in [3.8, 4) is 6.07 Å². The van der Waals surface area contributed by atoms with Crippen molar-refractivity contribution in [2.45, 2.75) is 45.6 Å². The molecule has 0 aromatic carbocycles. The van der Waals surface area contributed by atoms with Crippen LogP contribution < -0.4 is 0 Å². The Labute approximate surface area is 92.1 Å². The molecule has 1 aliphatic rings. The highest BCUT2D eigenvalue weighted by Gasteiger charge is 2.34. The Morgan fingerprint density at radius 2 is 2.20 bits per heavy atom. The fraction of sp³-hybridized carbons (Fsp3) is 0.833. The summed E-state index contributed by atoms with van der Waals surface area (Å²) >= 11 is 0. The Hall–Kier alpha value is -1.04. The summed E-state index contributed by atoms with van der Waals surface area (Å²) in [7, 11) is 1.82. The maximum atomic E-state index is 11.9. The van der Waals surface area contributed by atoms with Crippen LogP contribution in [0.2, 0.25) is 0 Å². The van der Waals surface area contributed by atoms with Gasteiger partial charge in [0.1, 0.15) is 5.92 Å². The molecule has 1 amide bonds. The van der Waals surface area contributed by atoms with Crippen LogP contribution in [0, 0.1) is 23.2 Å². The number of hydrogen-bond acceptors (Lipinski definition) is 2. The van der Waals surface area contributed by atoms with Crippen molar-refractivity contribution in [2.24, 2.45) is 11.8 Å². The average molecular weight is 208 g/mol. The lowest BCUT2D eigenvalue weighted by Crippen LogP contribution is -2.40. The molecule has 0 aromatic heterocycles. The van der Waals surface area contributed by atoms with Crippen LogP contribution in [0.5, 0.6) is 0 Å². The van der Waals surface area contributed by atoms with Crippen molar-refractivity contribution in [1.29, 1.82) is 5.26 Å². The summed E-state index contributed by atoms with van der Waals surface area (Å²) < 4.78 is 0. The van der Waals surface area contributed by atoms with Crippen LogP contribution in [0.15, 0.2) is 0 Å². The summed E-state index contributed by atoms with van der Waals surface area (Å²) in [4.78, 5) is 13.7. The Bertz CT molecular complexity index is 265. The summed E-state index contributed by atoms with van der Waals surface area (Å²) in [6.45, 7) is 4.08. The molecule has 0 bridgehead atoms. The van der Waals surface area contributed by atoms with E-state index in [0.29, 0.717) is 18.4 Å². The van der Waals surface area contributed by atoms with Crippen LogP contribution >= 0.6 is 0 Å². The molecule has 84 valence electrons. The number of carbonyl (C=O) groups is 1. The molecule has 3 heteroatoms. The third kappa shape index (κ3) is 2.95. The SMILES string of the molecule is CCCC(C#N)C(=O)N(C)C(C)C1CC1. The molecule has 1 fully saturated rings. The predicted octanol–water partition coefficient (Wildman–Crippen LogP) is 2.18. The van der Waals surface area contributed by atoms with Crippen molar-refractivity contribution in [1.82, 2.24) is 4.90 Å². The molecule has 0 aliphatic heterocycles. The monoisotopic (exact) mass is 208 g/mol. The normalized spacial score (nSPS) is 19.1. The molecule has 1 saturated carbocycles. The summed E-state index contributed by atoms with van der Waals surface area (Å²) in [5.74, 6) is 0.222. The Balaban J connectivity index is 2.53. The number of rotatable bonds is 5. The van der Waals surface area contributed by atoms with Gasteiger partial charge in [-0.15, -0.1) is 0 Å². The molecule has 0 aromatic rings. The van der Waals surface area contributed by atoms with Gasteiger partial charge in [-0.3, -0.25) is 4.79 Å². The summed E-state index contributed by atoms with van der Waals surface area (Å²) in [6.07, 6.45) is 4.01. The zero-order valence-corrected chi connectivity index (χ0v) is 9.86. The molecule has 1 aliphatic carbocycles. The summed E-state index contributed by atoms with van der Waals surface area (Å²) in [5.41, 5.74) is 0. The van der Waals surface area contributed by atoms with E-state index in [2.05, 4.69) is 13.0 Å². The second-order valence-corrected chi connectivity index (χ2v) is 4.50. The third-order valence-electron chi connectivity index (χ3n) is 3.29. The first-order valence-corrected chi connectivity index (χ1v) is 5.78. The van der Waals surface area contributed by atoms with Gasteiger partial charge in [-0.05, 0) is 32.1 Å². The van der Waals surface area contributed by atoms with Crippen LogP contribution in [0.4, 0.5) is 0 Å². The lowest BCUT2D eigenvalue weighted by molar-refractivity contribution is -0.134. The number of carbonyl (C=O) groups excluding carboxylic acids is 1. The van der Waals surface area contributed by atoms with Crippen molar-refractivity contribution >= 4 is 5.91 Å². The van der Waals surface area contributed by atoms with Gasteiger partial charge in [0.05, 0.1) is 6.07 Å². The van der Waals surface area contributed by atoms with E-state index in [-0.39, 0.29) is 5.91 Å². The molecule has 3 nitrogen and oxygen atoms in total. The van der Waals surface area contributed by atoms with E-state index in [1.54, 1.807) is 4.90 Å². The van der Waals surface area contributed by atoms with E-state index in [0.717, 1.165) is 6.42 Å². The Morgan fingerprint density at radius 3 is 2.60 bits per heavy atom. The van der Waals surface area contributed by atoms with E-state index in [1.165, 1.54) is 12.8 Å². The Morgan fingerprint density at radius 1 is 1.60 bits per heavy atom. The molecule has 0 N–H and O–H groups in total. The van der Waals surface area contributed by atoms with Gasteiger partial charge in [-0.1, -0.05) is 13.3 Å². The molecule has 2 atom stereocenters. The van der Waals surface area contributed by atoms with E-state index in [9.17, 15) is 4.79 Å². The second-order valence-electron chi connectivity index (χ2n) is 4.50. The lowest BCUT2D eigenvalue weighted by Gasteiger charge is -2.26. The summed E-state index contributed by atoms with van der Waals surface area (Å²) in [6, 6.07) is 2.40. The largest absolute Gasteiger partial charge is 0.342 e. The summed E-state index contributed by atoms with van der Waals surface area (Å²) in [5, 5.41) is 8.91. The molecule has 0 radical (unpaired) electrons. The van der Waals surface area contributed by atoms with Gasteiger partial charge >= 0.3 is 0 Å². The fourth-order valence-electron chi connectivity index (χ4n) is 1.87. The quantitative estimate of drug-likeness (QED) is 0.695. The standard InChI is InChI=1S/C12H20N2O/c1-4-5-11(8-13)12(15)14(3)9(2)10-6-7-10/h9-11H,4-7H2,1-3H3. The minimum atomic E-state index is -0.443. The average Bonchev–Trinajstić information content (AvgIpc) is 3.06. The fourth-order valence-corrected chi connectivity index (χ4v) is 1.87. The van der Waals surface area contributed by atoms with Crippen LogP contribution in [-0.4, -0.2) is 23.9 Å². The highest BCUT2D eigenvalue weighted by Crippen LogP contribution is 2.35. The van der Waals surface area contributed by atoms with Gasteiger partial charge in [0.2, 0.25) is 5.91 Å². The third-order valence-corrected chi connectivity index (χ3v) is 3.29. The van der Waals surface area contributed by atoms with E-state index >= 15 is 0 Å². The van der Waals surface area contributed by atoms with Gasteiger partial charge in [0.25, 0.3) is 0 Å². The number of hydrogen-bond donors (Lipinski definition) is 0. The molecule has 2 unspecified atom stereocenters. The first-order valence-electron chi connectivity index (χ1n) is 5.78. The van der Waals surface area contributed by atoms with Gasteiger partial charge in [-0.25, -0.2) is 0 Å². The van der Waals surface area contributed by atoms with E-state index in [4.69, 9.17) is 5.26 Å². The number of amides is 1. The second kappa shape index (κ2) is 5.16. The molecular weight excluding hydrogens is 188 g/mol. The lowest BCUT2D eigenvalue weighted by atomic mass is 10.0. The van der Waals surface area contributed by atoms with Crippen molar-refractivity contribution in [3.63, 3.8) is 0 Å². The van der Waals surface area contributed by atoms with Crippen molar-refractivity contribution < 1.29 is 4.79 Å². The zero-order valence-electron chi connectivity index (χ0n) is 9.86. The molecule has 0 heterocycles. The van der Waals surface area contributed by atoms with E-state index < -0.39 is 5.92 Å². The molecule has 0 saturated heterocycles. The van der Waals surface area contributed by atoms with Gasteiger partial charge < -0.3 is 4.90 Å². The Kier molecular flexibility index (Phi) is 4.14. The maximum absolute atomic E-state index is 11.9. The molecule has 15 heavy (non-hydrogen) atoms. The molecular formula is C12H20N2O. The first kappa shape index (κ1) is 12.0. The molecule has 1 rings (SSSR count). The smallest absolute Gasteiger partial charge is 0.239 e. The minimum Gasteiger partial charge on any atom is -0.342 e. The van der Waals surface area contributed by atoms with Crippen molar-refractivity contribution in [3.05, 3.63) is 0 Å². The van der Waals surface area contributed by atoms with Crippen LogP contribution in [-0.2, 0) is 4.79 Å². The molecule has 0 spiro atoms. The van der Waals surface area contributed by atoms with Crippen molar-refractivity contribution in [2.75, 3.05) is 7.05 Å². The zero-order chi connectivity index (χ0) is 11.4. The number of nitriles is 1. The topological polar surface area (TPSA) is 44.1 Å². The van der Waals surface area contributed by atoms with Gasteiger partial charge in [0, 0.05) is 13.1 Å². The maximum Gasteiger partial charge on any atom is 0.239 e. The highest BCUT2D eigenvalue weighted by atomic mass is 16.2. The highest BCUT2D eigenvalue weighted by molar-refractivity contribution is 5.81. The van der Waals surface area contributed by atoms with Crippen LogP contribution in [0.1, 0.15) is 39.5 Å². The van der Waals surface area contributed by atoms with E-state index in [1.807, 2.05) is 14.0 Å². The predicted molar refractivity (Wildman–Crippen MR) is 59.0 cm³/mol. The van der Waals surface area contributed by atoms with Crippen LogP contribution in [0.25, 0.3) is 0 Å². The van der Waals surface area contributed by atoms with Gasteiger partial charge in [0.15, 0.2) is 0 Å². The van der Waals surface area contributed by atoms with Gasteiger partial charge in [-0.2, -0.15) is 5.26 Å². The minimum absolute atomic E-state index is 0.00116. The number of nitrogens with zero attached hydrogens (tertiary/aromatic N) is 2. The van der Waals surface area contributed by atoms with Crippen LogP contribution in [0.3, 0.4) is 0 Å². The first-order chi connectivity index (χ1) is 7.11.